The van der Waals surface area contributed by atoms with Crippen LogP contribution in [0.25, 0.3) is 65.7 Å². The van der Waals surface area contributed by atoms with Gasteiger partial charge in [-0.05, 0) is 56.4 Å². The molecule has 0 saturated carbocycles. The number of hydrogen-bond acceptors (Lipinski definition) is 4. The predicted octanol–water partition coefficient (Wildman–Crippen LogP) is 11.7. The third-order valence-corrected chi connectivity index (χ3v) is 9.92. The van der Waals surface area contributed by atoms with Gasteiger partial charge < -0.3 is 9.73 Å². The monoisotopic (exact) mass is 653 g/mol. The Hall–Kier alpha value is -6.78. The summed E-state index contributed by atoms with van der Waals surface area (Å²) in [5, 5.41) is 10.5. The highest BCUT2D eigenvalue weighted by molar-refractivity contribution is 6.17. The molecule has 1 aliphatic rings. The van der Waals surface area contributed by atoms with E-state index in [1.807, 2.05) is 30.3 Å². The van der Waals surface area contributed by atoms with Crippen molar-refractivity contribution >= 4 is 55.2 Å². The highest BCUT2D eigenvalue weighted by Gasteiger charge is 2.25. The maximum atomic E-state index is 6.67. The van der Waals surface area contributed by atoms with Crippen molar-refractivity contribution in [3.63, 3.8) is 0 Å². The minimum Gasteiger partial charge on any atom is -0.455 e. The Balaban J connectivity index is 1.11. The smallest absolute Gasteiger partial charge is 0.170 e. The zero-order valence-electron chi connectivity index (χ0n) is 27.6. The van der Waals surface area contributed by atoms with E-state index in [2.05, 4.69) is 151 Å². The van der Waals surface area contributed by atoms with E-state index in [0.717, 1.165) is 67.0 Å². The molecular weight excluding hydrogens is 623 g/mol. The van der Waals surface area contributed by atoms with E-state index in [1.165, 1.54) is 27.1 Å². The van der Waals surface area contributed by atoms with Crippen molar-refractivity contribution < 1.29 is 4.42 Å². The van der Waals surface area contributed by atoms with Crippen LogP contribution in [0.4, 0.5) is 0 Å². The second kappa shape index (κ2) is 12.0. The van der Waals surface area contributed by atoms with Crippen molar-refractivity contribution in [2.24, 2.45) is 9.98 Å². The number of benzene rings is 8. The Morgan fingerprint density at radius 1 is 0.431 bits per heavy atom. The van der Waals surface area contributed by atoms with Crippen LogP contribution >= 0.6 is 0 Å². The molecule has 9 aromatic rings. The largest absolute Gasteiger partial charge is 0.455 e. The van der Waals surface area contributed by atoms with E-state index in [-0.39, 0.29) is 0 Å². The van der Waals surface area contributed by atoms with Crippen molar-refractivity contribution in [1.82, 2.24) is 5.32 Å². The van der Waals surface area contributed by atoms with E-state index in [4.69, 9.17) is 14.4 Å². The molecule has 4 nitrogen and oxygen atoms in total. The van der Waals surface area contributed by atoms with Gasteiger partial charge in [-0.15, -0.1) is 0 Å². The Morgan fingerprint density at radius 2 is 0.980 bits per heavy atom. The first-order chi connectivity index (χ1) is 25.2. The van der Waals surface area contributed by atoms with Gasteiger partial charge in [-0.2, -0.15) is 0 Å². The highest BCUT2D eigenvalue weighted by Crippen LogP contribution is 2.42. The number of hydrogen-bond donors (Lipinski definition) is 1. The van der Waals surface area contributed by atoms with Gasteiger partial charge in [-0.25, -0.2) is 9.98 Å². The zero-order chi connectivity index (χ0) is 33.7. The van der Waals surface area contributed by atoms with Gasteiger partial charge in [-0.1, -0.05) is 158 Å². The number of furan rings is 1. The van der Waals surface area contributed by atoms with Crippen LogP contribution in [0.5, 0.6) is 0 Å². The first kappa shape index (κ1) is 29.2. The van der Waals surface area contributed by atoms with Crippen LogP contribution in [0.3, 0.4) is 0 Å². The number of nitrogens with zero attached hydrogens (tertiary/aromatic N) is 2. The Labute approximate surface area is 295 Å². The molecule has 0 radical (unpaired) electrons. The third-order valence-electron chi connectivity index (χ3n) is 9.92. The van der Waals surface area contributed by atoms with Crippen molar-refractivity contribution in [2.45, 2.75) is 6.17 Å². The molecule has 1 atom stereocenters. The summed E-state index contributed by atoms with van der Waals surface area (Å²) >= 11 is 0. The lowest BCUT2D eigenvalue weighted by molar-refractivity contribution is 0.668. The van der Waals surface area contributed by atoms with Crippen LogP contribution < -0.4 is 5.32 Å². The molecule has 0 amide bonds. The number of fused-ring (bicyclic) bond motifs is 5. The number of para-hydroxylation sites is 1. The SMILES string of the molecule is c1ccc(C2=NC(c3ccc(-c4ccc5ccccc5c4)c4oc5ccccc5c34)N=C(c3ccc(-c4ccc5ccccc5c4)cc3)N2)cc1. The van der Waals surface area contributed by atoms with Gasteiger partial charge in [0.2, 0.25) is 0 Å². The topological polar surface area (TPSA) is 49.9 Å². The van der Waals surface area contributed by atoms with Gasteiger partial charge in [0.25, 0.3) is 0 Å². The molecule has 1 aliphatic heterocycles. The molecular formula is C47H31N3O. The molecule has 4 heteroatoms. The lowest BCUT2D eigenvalue weighted by Crippen LogP contribution is -2.36. The lowest BCUT2D eigenvalue weighted by Gasteiger charge is -2.23. The van der Waals surface area contributed by atoms with Crippen LogP contribution in [0.15, 0.2) is 190 Å². The summed E-state index contributed by atoms with van der Waals surface area (Å²) in [7, 11) is 0. The molecule has 0 spiro atoms. The average Bonchev–Trinajstić information content (AvgIpc) is 3.60. The van der Waals surface area contributed by atoms with Crippen LogP contribution in [0.2, 0.25) is 0 Å². The molecule has 8 aromatic carbocycles. The summed E-state index contributed by atoms with van der Waals surface area (Å²) in [6.07, 6.45) is -0.495. The summed E-state index contributed by atoms with van der Waals surface area (Å²) in [6.45, 7) is 0. The second-order valence-corrected chi connectivity index (χ2v) is 13.0. The van der Waals surface area contributed by atoms with Gasteiger partial charge in [0.1, 0.15) is 22.8 Å². The number of aliphatic imine (C=N–C) groups is 2. The quantitative estimate of drug-likeness (QED) is 0.201. The third kappa shape index (κ3) is 5.17. The minimum atomic E-state index is -0.495. The van der Waals surface area contributed by atoms with Gasteiger partial charge in [0.05, 0.1) is 0 Å². The van der Waals surface area contributed by atoms with Gasteiger partial charge in [0.15, 0.2) is 6.17 Å². The average molecular weight is 654 g/mol. The number of amidine groups is 2. The first-order valence-electron chi connectivity index (χ1n) is 17.3. The Bertz CT molecular complexity index is 2830. The number of rotatable bonds is 5. The maximum Gasteiger partial charge on any atom is 0.170 e. The molecule has 2 heterocycles. The molecule has 0 fully saturated rings. The molecule has 1 N–H and O–H groups in total. The Kier molecular flexibility index (Phi) is 6.85. The fourth-order valence-corrected chi connectivity index (χ4v) is 7.32. The summed E-state index contributed by atoms with van der Waals surface area (Å²) in [5.41, 5.74) is 9.18. The van der Waals surface area contributed by atoms with Crippen molar-refractivity contribution in [3.8, 4) is 22.3 Å². The molecule has 0 bridgehead atoms. The van der Waals surface area contributed by atoms with Crippen LogP contribution in [0, 0.1) is 0 Å². The maximum absolute atomic E-state index is 6.67. The molecule has 51 heavy (non-hydrogen) atoms. The minimum absolute atomic E-state index is 0.495. The van der Waals surface area contributed by atoms with Crippen molar-refractivity contribution in [1.29, 1.82) is 0 Å². The molecule has 0 saturated heterocycles. The first-order valence-corrected chi connectivity index (χ1v) is 17.3. The molecule has 1 aromatic heterocycles. The van der Waals surface area contributed by atoms with Gasteiger partial charge in [0, 0.05) is 33.0 Å². The molecule has 240 valence electrons. The summed E-state index contributed by atoms with van der Waals surface area (Å²) < 4.78 is 6.67. The highest BCUT2D eigenvalue weighted by atomic mass is 16.3. The summed E-state index contributed by atoms with van der Waals surface area (Å²) in [5.74, 6) is 1.56. The zero-order valence-corrected chi connectivity index (χ0v) is 27.6. The fourth-order valence-electron chi connectivity index (χ4n) is 7.32. The van der Waals surface area contributed by atoms with Gasteiger partial charge >= 0.3 is 0 Å². The van der Waals surface area contributed by atoms with E-state index in [1.54, 1.807) is 0 Å². The van der Waals surface area contributed by atoms with Crippen molar-refractivity contribution in [2.75, 3.05) is 0 Å². The predicted molar refractivity (Wildman–Crippen MR) is 211 cm³/mol. The molecule has 10 rings (SSSR count). The molecule has 0 aliphatic carbocycles. The standard InChI is InChI=1S/C47H31N3O/c1-2-12-33(13-3-1)45-48-46(34-22-18-32(19-23-34)37-24-20-30-10-4-6-14-35(30)28-37)50-47(49-45)41-27-26-39(38-25-21-31-11-5-7-15-36(31)29-38)44-43(41)40-16-8-9-17-42(40)51-44/h1-29,47H,(H,48,49,50). The summed E-state index contributed by atoms with van der Waals surface area (Å²) in [4.78, 5) is 10.5. The van der Waals surface area contributed by atoms with Crippen LogP contribution in [0.1, 0.15) is 22.9 Å². The number of nitrogens with one attached hydrogen (secondary N) is 1. The second-order valence-electron chi connectivity index (χ2n) is 13.0. The Morgan fingerprint density at radius 3 is 1.71 bits per heavy atom. The molecule has 1 unspecified atom stereocenters. The van der Waals surface area contributed by atoms with E-state index in [9.17, 15) is 0 Å². The summed E-state index contributed by atoms with van der Waals surface area (Å²) in [6, 6.07) is 61.7. The van der Waals surface area contributed by atoms with E-state index in [0.29, 0.717) is 0 Å². The van der Waals surface area contributed by atoms with Crippen LogP contribution in [-0.2, 0) is 0 Å². The lowest BCUT2D eigenvalue weighted by atomic mass is 9.95. The van der Waals surface area contributed by atoms with Crippen LogP contribution in [-0.4, -0.2) is 11.7 Å². The van der Waals surface area contributed by atoms with Crippen molar-refractivity contribution in [3.05, 3.63) is 193 Å². The van der Waals surface area contributed by atoms with E-state index < -0.39 is 6.17 Å². The van der Waals surface area contributed by atoms with E-state index >= 15 is 0 Å². The fraction of sp³-hybridized carbons (Fsp3) is 0.0213. The normalized spacial score (nSPS) is 14.5. The van der Waals surface area contributed by atoms with Gasteiger partial charge in [-0.3, -0.25) is 0 Å².